The third-order valence-corrected chi connectivity index (χ3v) is 3.49. The molecule has 4 nitrogen and oxygen atoms in total. The van der Waals surface area contributed by atoms with Gasteiger partial charge in [-0.2, -0.15) is 0 Å². The van der Waals surface area contributed by atoms with E-state index in [1.54, 1.807) is 31.4 Å². The molecule has 1 rings (SSSR count). The number of nitrogens with one attached hydrogen (secondary N) is 2. The van der Waals surface area contributed by atoms with Crippen molar-refractivity contribution in [3.8, 4) is 0 Å². The van der Waals surface area contributed by atoms with E-state index in [2.05, 4.69) is 10.6 Å². The molecule has 0 spiro atoms. The van der Waals surface area contributed by atoms with E-state index in [0.29, 0.717) is 23.7 Å². The first-order chi connectivity index (χ1) is 9.84. The van der Waals surface area contributed by atoms with Gasteiger partial charge >= 0.3 is 0 Å². The van der Waals surface area contributed by atoms with Crippen molar-refractivity contribution in [2.45, 2.75) is 16.4 Å². The van der Waals surface area contributed by atoms with Crippen LogP contribution in [0.1, 0.15) is 16.8 Å². The van der Waals surface area contributed by atoms with Crippen LogP contribution in [0.15, 0.2) is 24.3 Å². The number of ether oxygens (including phenoxy) is 1. The minimum atomic E-state index is -1.67. The Hall–Kier alpha value is -0.230. The molecule has 0 fully saturated rings. The summed E-state index contributed by atoms with van der Waals surface area (Å²) in [6.45, 7) is 1.11. The zero-order valence-electron chi connectivity index (χ0n) is 11.3. The van der Waals surface area contributed by atoms with Gasteiger partial charge in [0.25, 0.3) is 5.91 Å². The second-order valence-corrected chi connectivity index (χ2v) is 7.06. The number of hydrogen-bond donors (Lipinski definition) is 2. The first-order valence-electron chi connectivity index (χ1n) is 6.20. The summed E-state index contributed by atoms with van der Waals surface area (Å²) in [4.78, 5) is 12.1. The van der Waals surface area contributed by atoms with Crippen molar-refractivity contribution in [1.82, 2.24) is 10.6 Å². The second-order valence-electron chi connectivity index (χ2n) is 4.26. The Labute approximate surface area is 144 Å². The third kappa shape index (κ3) is 7.04. The van der Waals surface area contributed by atoms with Gasteiger partial charge in [0.15, 0.2) is 0 Å². The van der Waals surface area contributed by atoms with Crippen LogP contribution in [0.25, 0.3) is 0 Å². The van der Waals surface area contributed by atoms with Gasteiger partial charge in [0.1, 0.15) is 6.17 Å². The zero-order chi connectivity index (χ0) is 15.9. The molecular weight excluding hydrogens is 358 g/mol. The molecule has 21 heavy (non-hydrogen) atoms. The lowest BCUT2D eigenvalue weighted by molar-refractivity contribution is 0.0929. The molecule has 0 aliphatic rings. The lowest BCUT2D eigenvalue weighted by Crippen LogP contribution is -2.53. The van der Waals surface area contributed by atoms with Crippen molar-refractivity contribution in [2.75, 3.05) is 20.3 Å². The molecule has 0 unspecified atom stereocenters. The number of rotatable bonds is 7. The number of benzene rings is 1. The van der Waals surface area contributed by atoms with Crippen LogP contribution in [-0.2, 0) is 4.74 Å². The standard InChI is InChI=1S/C13H16Cl4N2O2/c1-21-8-2-7-18-12(13(15,16)17)19-11(20)9-3-5-10(14)6-4-9/h3-6,12,18H,2,7-8H2,1H3,(H,19,20)/t12-/m1/s1. The third-order valence-electron chi connectivity index (χ3n) is 2.58. The molecular formula is C13H16Cl4N2O2. The number of methoxy groups -OCH3 is 1. The normalized spacial score (nSPS) is 13.0. The molecule has 0 aliphatic heterocycles. The first kappa shape index (κ1) is 18.8. The topological polar surface area (TPSA) is 50.4 Å². The highest BCUT2D eigenvalue weighted by atomic mass is 35.6. The van der Waals surface area contributed by atoms with E-state index in [4.69, 9.17) is 51.1 Å². The maximum atomic E-state index is 12.1. The maximum Gasteiger partial charge on any atom is 0.252 e. The molecule has 0 heterocycles. The van der Waals surface area contributed by atoms with Gasteiger partial charge in [-0.25, -0.2) is 0 Å². The molecule has 0 radical (unpaired) electrons. The van der Waals surface area contributed by atoms with E-state index in [1.165, 1.54) is 0 Å². The van der Waals surface area contributed by atoms with E-state index in [0.717, 1.165) is 6.42 Å². The van der Waals surface area contributed by atoms with Gasteiger partial charge in [-0.15, -0.1) is 0 Å². The van der Waals surface area contributed by atoms with E-state index in [9.17, 15) is 4.79 Å². The molecule has 0 bridgehead atoms. The minimum absolute atomic E-state index is 0.359. The fourth-order valence-electron chi connectivity index (χ4n) is 1.53. The Bertz CT molecular complexity index is 448. The molecule has 1 aromatic carbocycles. The van der Waals surface area contributed by atoms with Crippen molar-refractivity contribution < 1.29 is 9.53 Å². The fraction of sp³-hybridized carbons (Fsp3) is 0.462. The number of alkyl halides is 3. The lowest BCUT2D eigenvalue weighted by Gasteiger charge is -2.26. The Kier molecular flexibility index (Phi) is 8.09. The number of carbonyl (C=O) groups is 1. The van der Waals surface area contributed by atoms with Crippen molar-refractivity contribution in [1.29, 1.82) is 0 Å². The van der Waals surface area contributed by atoms with Gasteiger partial charge in [0, 0.05) is 24.3 Å². The van der Waals surface area contributed by atoms with E-state index >= 15 is 0 Å². The van der Waals surface area contributed by atoms with Gasteiger partial charge < -0.3 is 10.1 Å². The fourth-order valence-corrected chi connectivity index (χ4v) is 2.05. The lowest BCUT2D eigenvalue weighted by atomic mass is 10.2. The molecule has 0 saturated carbocycles. The summed E-state index contributed by atoms with van der Waals surface area (Å²) in [5.41, 5.74) is 0.428. The summed E-state index contributed by atoms with van der Waals surface area (Å²) < 4.78 is 3.26. The highest BCUT2D eigenvalue weighted by molar-refractivity contribution is 6.68. The Morgan fingerprint density at radius 1 is 1.29 bits per heavy atom. The van der Waals surface area contributed by atoms with Gasteiger partial charge in [0.05, 0.1) is 0 Å². The monoisotopic (exact) mass is 372 g/mol. The molecule has 1 atom stereocenters. The predicted octanol–water partition coefficient (Wildman–Crippen LogP) is 3.39. The highest BCUT2D eigenvalue weighted by Gasteiger charge is 2.33. The Balaban J connectivity index is 2.63. The van der Waals surface area contributed by atoms with Gasteiger partial charge in [-0.3, -0.25) is 10.1 Å². The van der Waals surface area contributed by atoms with Crippen molar-refractivity contribution in [3.63, 3.8) is 0 Å². The maximum absolute atomic E-state index is 12.1. The summed E-state index contributed by atoms with van der Waals surface area (Å²) in [5, 5.41) is 6.16. The van der Waals surface area contributed by atoms with E-state index < -0.39 is 9.96 Å². The van der Waals surface area contributed by atoms with Crippen LogP contribution in [0.2, 0.25) is 5.02 Å². The largest absolute Gasteiger partial charge is 0.385 e. The van der Waals surface area contributed by atoms with Gasteiger partial charge in [0.2, 0.25) is 3.79 Å². The quantitative estimate of drug-likeness (QED) is 0.437. The van der Waals surface area contributed by atoms with E-state index in [1.807, 2.05) is 0 Å². The average Bonchev–Trinajstić information content (AvgIpc) is 2.41. The number of hydrogen-bond acceptors (Lipinski definition) is 3. The highest BCUT2D eigenvalue weighted by Crippen LogP contribution is 2.29. The van der Waals surface area contributed by atoms with Crippen molar-refractivity contribution in [2.24, 2.45) is 0 Å². The van der Waals surface area contributed by atoms with Crippen molar-refractivity contribution >= 4 is 52.3 Å². The van der Waals surface area contributed by atoms with Crippen LogP contribution in [0, 0.1) is 0 Å². The number of amides is 1. The molecule has 0 saturated heterocycles. The zero-order valence-corrected chi connectivity index (χ0v) is 14.4. The minimum Gasteiger partial charge on any atom is -0.385 e. The first-order valence-corrected chi connectivity index (χ1v) is 7.71. The summed E-state index contributed by atoms with van der Waals surface area (Å²) in [5.74, 6) is -0.359. The number of carbonyl (C=O) groups excluding carboxylic acids is 1. The molecule has 0 aromatic heterocycles. The number of halogens is 4. The van der Waals surface area contributed by atoms with Crippen LogP contribution in [0.3, 0.4) is 0 Å². The van der Waals surface area contributed by atoms with Crippen LogP contribution < -0.4 is 10.6 Å². The van der Waals surface area contributed by atoms with Gasteiger partial charge in [-0.1, -0.05) is 46.4 Å². The van der Waals surface area contributed by atoms with Crippen LogP contribution in [-0.4, -0.2) is 36.1 Å². The summed E-state index contributed by atoms with van der Waals surface area (Å²) in [7, 11) is 1.61. The molecule has 1 aromatic rings. The summed E-state index contributed by atoms with van der Waals surface area (Å²) >= 11 is 23.4. The summed E-state index contributed by atoms with van der Waals surface area (Å²) in [6, 6.07) is 6.43. The van der Waals surface area contributed by atoms with Crippen LogP contribution in [0.5, 0.6) is 0 Å². The Morgan fingerprint density at radius 2 is 1.90 bits per heavy atom. The predicted molar refractivity (Wildman–Crippen MR) is 87.5 cm³/mol. The average molecular weight is 374 g/mol. The van der Waals surface area contributed by atoms with Crippen LogP contribution in [0.4, 0.5) is 0 Å². The molecule has 1 amide bonds. The second kappa shape index (κ2) is 9.03. The van der Waals surface area contributed by atoms with Crippen molar-refractivity contribution in [3.05, 3.63) is 34.9 Å². The summed E-state index contributed by atoms with van der Waals surface area (Å²) in [6.07, 6.45) is -0.0903. The Morgan fingerprint density at radius 3 is 2.43 bits per heavy atom. The van der Waals surface area contributed by atoms with Gasteiger partial charge in [-0.05, 0) is 37.2 Å². The smallest absolute Gasteiger partial charge is 0.252 e. The molecule has 118 valence electrons. The SMILES string of the molecule is COCCCN[C@H](NC(=O)c1ccc(Cl)cc1)C(Cl)(Cl)Cl. The molecule has 8 heteroatoms. The molecule has 0 aliphatic carbocycles. The van der Waals surface area contributed by atoms with E-state index in [-0.39, 0.29) is 5.91 Å². The van der Waals surface area contributed by atoms with Crippen LogP contribution >= 0.6 is 46.4 Å². The molecule has 2 N–H and O–H groups in total.